The van der Waals surface area contributed by atoms with E-state index in [4.69, 9.17) is 4.74 Å². The van der Waals surface area contributed by atoms with E-state index in [9.17, 15) is 27.5 Å². The van der Waals surface area contributed by atoms with Crippen LogP contribution < -0.4 is 4.74 Å². The van der Waals surface area contributed by atoms with E-state index in [1.54, 1.807) is 6.92 Å². The molecule has 0 saturated heterocycles. The number of hydrogen-bond donors (Lipinski definition) is 1. The number of carbonyl (C=O) groups excluding carboxylic acids is 1. The van der Waals surface area contributed by atoms with E-state index in [1.807, 2.05) is 0 Å². The van der Waals surface area contributed by atoms with Gasteiger partial charge in [-0.05, 0) is 31.2 Å². The van der Waals surface area contributed by atoms with E-state index >= 15 is 0 Å². The quantitative estimate of drug-likeness (QED) is 0.842. The molecular formula is C14H14F4N2O3. The summed E-state index contributed by atoms with van der Waals surface area (Å²) in [6.45, 7) is 2.15. The van der Waals surface area contributed by atoms with Crippen LogP contribution in [-0.4, -0.2) is 46.9 Å². The zero-order valence-electron chi connectivity index (χ0n) is 12.0. The summed E-state index contributed by atoms with van der Waals surface area (Å²) >= 11 is 0. The SMILES string of the molecule is CCOc1ccc(C(=O)N2N=C(C(F)F)CC2(O)C(F)F)cc1. The maximum absolute atomic E-state index is 13.1. The molecule has 0 radical (unpaired) electrons. The molecule has 0 bridgehead atoms. The summed E-state index contributed by atoms with van der Waals surface area (Å²) < 4.78 is 56.7. The van der Waals surface area contributed by atoms with Gasteiger partial charge in [-0.15, -0.1) is 0 Å². The number of hydrazone groups is 1. The summed E-state index contributed by atoms with van der Waals surface area (Å²) in [6.07, 6.45) is -7.70. The van der Waals surface area contributed by atoms with Gasteiger partial charge in [0.15, 0.2) is 0 Å². The Balaban J connectivity index is 2.30. The standard InChI is InChI=1S/C14H14F4N2O3/c1-2-23-9-5-3-8(4-6-9)12(21)20-14(22,13(17)18)7-10(19-20)11(15)16/h3-6,11,13,22H,2,7H2,1H3. The summed E-state index contributed by atoms with van der Waals surface area (Å²) in [6, 6.07) is 5.39. The van der Waals surface area contributed by atoms with Gasteiger partial charge in [-0.3, -0.25) is 4.79 Å². The highest BCUT2D eigenvalue weighted by atomic mass is 19.3. The van der Waals surface area contributed by atoms with Gasteiger partial charge < -0.3 is 9.84 Å². The Morgan fingerprint density at radius 1 is 1.35 bits per heavy atom. The molecule has 1 unspecified atom stereocenters. The number of hydrogen-bond acceptors (Lipinski definition) is 4. The Morgan fingerprint density at radius 3 is 2.43 bits per heavy atom. The average molecular weight is 334 g/mol. The predicted octanol–water partition coefficient (Wildman–Crippen LogP) is 2.51. The van der Waals surface area contributed by atoms with Gasteiger partial charge in [0.2, 0.25) is 5.72 Å². The maximum atomic E-state index is 13.1. The van der Waals surface area contributed by atoms with Crippen molar-refractivity contribution >= 4 is 11.6 Å². The molecule has 0 aliphatic carbocycles. The molecule has 23 heavy (non-hydrogen) atoms. The van der Waals surface area contributed by atoms with Crippen molar-refractivity contribution in [1.82, 2.24) is 5.01 Å². The molecule has 1 aliphatic heterocycles. The highest BCUT2D eigenvalue weighted by molar-refractivity contribution is 5.99. The molecule has 126 valence electrons. The first kappa shape index (κ1) is 17.2. The summed E-state index contributed by atoms with van der Waals surface area (Å²) in [5.41, 5.74) is -4.14. The lowest BCUT2D eigenvalue weighted by molar-refractivity contribution is -0.164. The van der Waals surface area contributed by atoms with Gasteiger partial charge in [-0.25, -0.2) is 17.6 Å². The summed E-state index contributed by atoms with van der Waals surface area (Å²) in [7, 11) is 0. The fourth-order valence-electron chi connectivity index (χ4n) is 2.09. The lowest BCUT2D eigenvalue weighted by Crippen LogP contribution is -2.51. The third-order valence-electron chi connectivity index (χ3n) is 3.24. The van der Waals surface area contributed by atoms with Gasteiger partial charge in [0.25, 0.3) is 18.8 Å². The molecule has 2 rings (SSSR count). The highest BCUT2D eigenvalue weighted by Gasteiger charge is 2.53. The van der Waals surface area contributed by atoms with Crippen LogP contribution in [0.15, 0.2) is 29.4 Å². The predicted molar refractivity (Wildman–Crippen MR) is 72.8 cm³/mol. The minimum Gasteiger partial charge on any atom is -0.494 e. The molecule has 9 heteroatoms. The minimum absolute atomic E-state index is 0.0227. The van der Waals surface area contributed by atoms with Crippen LogP contribution in [-0.2, 0) is 0 Å². The zero-order valence-corrected chi connectivity index (χ0v) is 12.0. The fraction of sp³-hybridized carbons (Fsp3) is 0.429. The van der Waals surface area contributed by atoms with E-state index in [2.05, 4.69) is 5.10 Å². The van der Waals surface area contributed by atoms with E-state index < -0.39 is 36.6 Å². The molecule has 1 atom stereocenters. The van der Waals surface area contributed by atoms with Crippen LogP contribution in [0.4, 0.5) is 17.6 Å². The zero-order chi connectivity index (χ0) is 17.2. The third-order valence-corrected chi connectivity index (χ3v) is 3.24. The second-order valence-electron chi connectivity index (χ2n) is 4.82. The van der Waals surface area contributed by atoms with Crippen molar-refractivity contribution in [2.75, 3.05) is 6.61 Å². The molecule has 1 N–H and O–H groups in total. The Bertz CT molecular complexity index is 607. The van der Waals surface area contributed by atoms with Crippen molar-refractivity contribution in [3.05, 3.63) is 29.8 Å². The molecule has 5 nitrogen and oxygen atoms in total. The number of alkyl halides is 4. The number of aliphatic hydroxyl groups is 1. The number of amides is 1. The number of halogens is 4. The van der Waals surface area contributed by atoms with Crippen molar-refractivity contribution in [3.8, 4) is 5.75 Å². The third kappa shape index (κ3) is 3.29. The maximum Gasteiger partial charge on any atom is 0.287 e. The number of ether oxygens (including phenoxy) is 1. The first-order valence-electron chi connectivity index (χ1n) is 6.73. The average Bonchev–Trinajstić information content (AvgIpc) is 2.87. The van der Waals surface area contributed by atoms with Crippen LogP contribution in [0.2, 0.25) is 0 Å². The molecule has 0 fully saturated rings. The summed E-state index contributed by atoms with van der Waals surface area (Å²) in [5, 5.41) is 13.1. The lowest BCUT2D eigenvalue weighted by Gasteiger charge is -2.30. The molecule has 1 amide bonds. The van der Waals surface area contributed by atoms with Gasteiger partial charge in [0, 0.05) is 12.0 Å². The van der Waals surface area contributed by atoms with Crippen LogP contribution in [0.5, 0.6) is 5.75 Å². The fourth-order valence-corrected chi connectivity index (χ4v) is 2.09. The highest BCUT2D eigenvalue weighted by Crippen LogP contribution is 2.34. The van der Waals surface area contributed by atoms with E-state index in [0.717, 1.165) is 0 Å². The van der Waals surface area contributed by atoms with Crippen molar-refractivity contribution < 1.29 is 32.2 Å². The monoisotopic (exact) mass is 334 g/mol. The van der Waals surface area contributed by atoms with Crippen LogP contribution in [0.25, 0.3) is 0 Å². The number of rotatable bonds is 5. The van der Waals surface area contributed by atoms with Gasteiger partial charge in [-0.1, -0.05) is 0 Å². The van der Waals surface area contributed by atoms with Crippen molar-refractivity contribution in [2.45, 2.75) is 31.9 Å². The number of nitrogens with zero attached hydrogens (tertiary/aromatic N) is 2. The first-order valence-corrected chi connectivity index (χ1v) is 6.73. The Hall–Kier alpha value is -2.16. The minimum atomic E-state index is -3.45. The molecule has 0 aromatic heterocycles. The second kappa shape index (κ2) is 6.53. The Labute approximate surface area is 129 Å². The van der Waals surface area contributed by atoms with Crippen molar-refractivity contribution in [3.63, 3.8) is 0 Å². The Kier molecular flexibility index (Phi) is 4.88. The Morgan fingerprint density at radius 2 is 1.96 bits per heavy atom. The summed E-state index contributed by atoms with van der Waals surface area (Å²) in [4.78, 5) is 12.2. The molecule has 1 heterocycles. The van der Waals surface area contributed by atoms with Gasteiger partial charge in [0.1, 0.15) is 11.5 Å². The largest absolute Gasteiger partial charge is 0.494 e. The molecular weight excluding hydrogens is 320 g/mol. The van der Waals surface area contributed by atoms with Crippen molar-refractivity contribution in [2.24, 2.45) is 5.10 Å². The molecule has 1 aromatic carbocycles. The topological polar surface area (TPSA) is 62.1 Å². The van der Waals surface area contributed by atoms with Gasteiger partial charge >= 0.3 is 0 Å². The molecule has 0 saturated carbocycles. The smallest absolute Gasteiger partial charge is 0.287 e. The lowest BCUT2D eigenvalue weighted by atomic mass is 10.1. The first-order chi connectivity index (χ1) is 10.8. The van der Waals surface area contributed by atoms with Gasteiger partial charge in [0.05, 0.1) is 6.61 Å². The summed E-state index contributed by atoms with van der Waals surface area (Å²) in [5.74, 6) is -0.655. The van der Waals surface area contributed by atoms with Crippen molar-refractivity contribution in [1.29, 1.82) is 0 Å². The van der Waals surface area contributed by atoms with Crippen LogP contribution in [0.3, 0.4) is 0 Å². The normalized spacial score (nSPS) is 21.0. The molecule has 1 aliphatic rings. The van der Waals surface area contributed by atoms with E-state index in [-0.39, 0.29) is 10.6 Å². The number of benzene rings is 1. The second-order valence-corrected chi connectivity index (χ2v) is 4.82. The van der Waals surface area contributed by atoms with E-state index in [1.165, 1.54) is 24.3 Å². The molecule has 1 aromatic rings. The van der Waals surface area contributed by atoms with Crippen LogP contribution in [0.1, 0.15) is 23.7 Å². The van der Waals surface area contributed by atoms with Crippen LogP contribution >= 0.6 is 0 Å². The van der Waals surface area contributed by atoms with E-state index in [0.29, 0.717) is 12.4 Å². The number of carbonyl (C=O) groups is 1. The molecule has 0 spiro atoms. The van der Waals surface area contributed by atoms with Gasteiger partial charge in [-0.2, -0.15) is 10.1 Å². The van der Waals surface area contributed by atoms with Crippen LogP contribution in [0, 0.1) is 0 Å².